The molecular formula is C62H74N4O15. The fraction of sp³-hybridized carbons (Fsp3) is 0.435. The lowest BCUT2D eigenvalue weighted by atomic mass is 9.92. The van der Waals surface area contributed by atoms with Crippen LogP contribution in [0.3, 0.4) is 0 Å². The molecule has 6 rings (SSSR count). The molecule has 4 atom stereocenters. The first kappa shape index (κ1) is 64.2. The standard InChI is InChI=1S/C32H38N2O8.C30H36N2O7/c1-23(35)40-20-19-39-21-26-12-10-24(11-13-26)8-9-25-14-16-27(17-15-25)30(37)34(4)32(2,31(38)33-3)28(36)22-42-29-7-5-6-18-41-29;1-30(29(36)31-2,26(34)21-39-27-6-4-5-18-38-27)32(3)28(35)25-15-13-23(14-16-25)8-7-22-9-11-24(12-10-22)20-37-19-17-33/h10-17,29H,5-7,18-22H2,1-4H3,(H,33,38);9-16,27,33H,4-6,17-21H2,1-3H3,(H,31,36)/t29?,32-;27?,30-/m11/s1. The zero-order valence-corrected chi connectivity index (χ0v) is 47.3. The number of esters is 1. The summed E-state index contributed by atoms with van der Waals surface area (Å²) < 4.78 is 37.9. The Morgan fingerprint density at radius 2 is 0.914 bits per heavy atom. The van der Waals surface area contributed by atoms with Crippen LogP contribution in [0.15, 0.2) is 97.1 Å². The number of carbonyl (C=O) groups excluding carboxylic acids is 7. The molecule has 0 aromatic heterocycles. The van der Waals surface area contributed by atoms with Crippen molar-refractivity contribution in [2.75, 3.05) is 81.0 Å². The van der Waals surface area contributed by atoms with Crippen molar-refractivity contribution < 1.29 is 71.8 Å². The molecule has 0 bridgehead atoms. The Hall–Kier alpha value is -7.59. The Balaban J connectivity index is 0.000000298. The Labute approximate surface area is 474 Å². The summed E-state index contributed by atoms with van der Waals surface area (Å²) in [6, 6.07) is 28.5. The van der Waals surface area contributed by atoms with Crippen molar-refractivity contribution >= 4 is 41.2 Å². The number of likely N-dealkylation sites (N-methyl/N-ethyl adjacent to an activating group) is 4. The number of benzene rings is 4. The van der Waals surface area contributed by atoms with Crippen molar-refractivity contribution in [1.82, 2.24) is 20.4 Å². The number of aliphatic hydroxyl groups excluding tert-OH is 1. The van der Waals surface area contributed by atoms with Crippen LogP contribution >= 0.6 is 0 Å². The summed E-state index contributed by atoms with van der Waals surface area (Å²) in [5, 5.41) is 13.8. The number of nitrogens with zero attached hydrogens (tertiary/aromatic N) is 2. The van der Waals surface area contributed by atoms with Crippen LogP contribution in [0.25, 0.3) is 0 Å². The van der Waals surface area contributed by atoms with E-state index in [2.05, 4.69) is 34.3 Å². The van der Waals surface area contributed by atoms with Gasteiger partial charge in [0.05, 0.1) is 33.0 Å². The maximum absolute atomic E-state index is 13.3. The summed E-state index contributed by atoms with van der Waals surface area (Å²) in [6.07, 6.45) is 4.13. The fourth-order valence-corrected chi connectivity index (χ4v) is 8.25. The highest BCUT2D eigenvalue weighted by Crippen LogP contribution is 2.24. The number of rotatable bonds is 23. The summed E-state index contributed by atoms with van der Waals surface area (Å²) in [5.41, 5.74) is 2.04. The molecule has 19 nitrogen and oxygen atoms in total. The van der Waals surface area contributed by atoms with Gasteiger partial charge in [-0.05, 0) is 136 Å². The Bertz CT molecular complexity index is 2860. The molecule has 81 heavy (non-hydrogen) atoms. The molecule has 0 aliphatic carbocycles. The van der Waals surface area contributed by atoms with Gasteiger partial charge in [0.2, 0.25) is 0 Å². The minimum atomic E-state index is -1.78. The number of carbonyl (C=O) groups is 7. The van der Waals surface area contributed by atoms with Gasteiger partial charge in [0.25, 0.3) is 23.6 Å². The minimum Gasteiger partial charge on any atom is -0.463 e. The van der Waals surface area contributed by atoms with E-state index in [1.807, 2.05) is 48.5 Å². The molecule has 2 fully saturated rings. The third-order valence-corrected chi connectivity index (χ3v) is 13.6. The van der Waals surface area contributed by atoms with E-state index in [1.165, 1.54) is 49.0 Å². The summed E-state index contributed by atoms with van der Waals surface area (Å²) in [5.74, 6) is 8.68. The van der Waals surface area contributed by atoms with Gasteiger partial charge in [-0.25, -0.2) is 0 Å². The summed E-state index contributed by atoms with van der Waals surface area (Å²) in [7, 11) is 5.69. The first-order valence-corrected chi connectivity index (χ1v) is 26.8. The Kier molecular flexibility index (Phi) is 25.9. The third-order valence-electron chi connectivity index (χ3n) is 13.6. The van der Waals surface area contributed by atoms with E-state index in [1.54, 1.807) is 48.5 Å². The van der Waals surface area contributed by atoms with E-state index in [4.69, 9.17) is 38.3 Å². The van der Waals surface area contributed by atoms with Gasteiger partial charge in [-0.3, -0.25) is 33.6 Å². The van der Waals surface area contributed by atoms with Crippen LogP contribution in [0.5, 0.6) is 0 Å². The molecule has 2 unspecified atom stereocenters. The monoisotopic (exact) mass is 1110 g/mol. The minimum absolute atomic E-state index is 0.0130. The van der Waals surface area contributed by atoms with Crippen LogP contribution in [0, 0.1) is 23.7 Å². The lowest BCUT2D eigenvalue weighted by molar-refractivity contribution is -0.174. The molecule has 4 aromatic rings. The van der Waals surface area contributed by atoms with Gasteiger partial charge in [0, 0.05) is 81.7 Å². The van der Waals surface area contributed by atoms with E-state index < -0.39 is 58.9 Å². The highest BCUT2D eigenvalue weighted by molar-refractivity contribution is 6.15. The third kappa shape index (κ3) is 19.0. The molecule has 0 spiro atoms. The zero-order valence-electron chi connectivity index (χ0n) is 47.3. The molecule has 2 aliphatic rings. The SMILES string of the molecule is CNC(=O)[C@@](C)(C(=O)COC1CCCCO1)N(C)C(=O)c1ccc(C#Cc2ccc(COCCO)cc2)cc1.CNC(=O)[C@@](C)(C(=O)COC1CCCCO1)N(C)C(=O)c1ccc(C#Cc2ccc(COCCOC(C)=O)cc2)cc1. The molecule has 2 aliphatic heterocycles. The molecule has 19 heteroatoms. The molecule has 4 aromatic carbocycles. The molecular weight excluding hydrogens is 1040 g/mol. The van der Waals surface area contributed by atoms with E-state index in [-0.39, 0.29) is 32.4 Å². The van der Waals surface area contributed by atoms with Crippen molar-refractivity contribution in [3.8, 4) is 23.7 Å². The second-order valence-corrected chi connectivity index (χ2v) is 19.3. The first-order valence-electron chi connectivity index (χ1n) is 26.8. The molecule has 432 valence electrons. The lowest BCUT2D eigenvalue weighted by Crippen LogP contribution is -2.62. The smallest absolute Gasteiger partial charge is 0.302 e. The van der Waals surface area contributed by atoms with Crippen LogP contribution in [0.4, 0.5) is 0 Å². The Morgan fingerprint density at radius 3 is 1.23 bits per heavy atom. The van der Waals surface area contributed by atoms with E-state index in [0.29, 0.717) is 74.7 Å². The van der Waals surface area contributed by atoms with Crippen LogP contribution < -0.4 is 10.6 Å². The number of hydrogen-bond donors (Lipinski definition) is 3. The van der Waals surface area contributed by atoms with Gasteiger partial charge in [-0.2, -0.15) is 0 Å². The van der Waals surface area contributed by atoms with Crippen molar-refractivity contribution in [2.45, 2.75) is 96.2 Å². The van der Waals surface area contributed by atoms with E-state index >= 15 is 0 Å². The molecule has 0 radical (unpaired) electrons. The quantitative estimate of drug-likeness (QED) is 0.0378. The fourth-order valence-electron chi connectivity index (χ4n) is 8.25. The van der Waals surface area contributed by atoms with Crippen LogP contribution in [0.1, 0.15) is 113 Å². The largest absolute Gasteiger partial charge is 0.463 e. The second kappa shape index (κ2) is 32.6. The van der Waals surface area contributed by atoms with E-state index in [9.17, 15) is 33.6 Å². The van der Waals surface area contributed by atoms with E-state index in [0.717, 1.165) is 57.7 Å². The average molecular weight is 1120 g/mol. The molecule has 0 saturated carbocycles. The molecule has 2 heterocycles. The second-order valence-electron chi connectivity index (χ2n) is 19.3. The predicted molar refractivity (Wildman–Crippen MR) is 299 cm³/mol. The normalized spacial score (nSPS) is 16.1. The van der Waals surface area contributed by atoms with Gasteiger partial charge in [0.1, 0.15) is 19.8 Å². The molecule has 3 N–H and O–H groups in total. The molecule has 2 saturated heterocycles. The van der Waals surface area contributed by atoms with Crippen molar-refractivity contribution in [3.63, 3.8) is 0 Å². The number of amides is 4. The number of ketones is 2. The van der Waals surface area contributed by atoms with Gasteiger partial charge in [0.15, 0.2) is 35.2 Å². The number of hydrogen-bond acceptors (Lipinski definition) is 15. The lowest BCUT2D eigenvalue weighted by Gasteiger charge is -2.36. The number of aliphatic hydroxyl groups is 1. The van der Waals surface area contributed by atoms with Gasteiger partial charge in [-0.1, -0.05) is 47.9 Å². The maximum atomic E-state index is 13.3. The van der Waals surface area contributed by atoms with Crippen molar-refractivity contribution in [3.05, 3.63) is 142 Å². The average Bonchev–Trinajstić information content (AvgIpc) is 3.51. The zero-order chi connectivity index (χ0) is 58.8. The Morgan fingerprint density at radius 1 is 0.556 bits per heavy atom. The first-order chi connectivity index (χ1) is 38.9. The highest BCUT2D eigenvalue weighted by Gasteiger charge is 2.48. The summed E-state index contributed by atoms with van der Waals surface area (Å²) in [4.78, 5) is 91.7. The highest BCUT2D eigenvalue weighted by atomic mass is 16.7. The van der Waals surface area contributed by atoms with Crippen molar-refractivity contribution in [1.29, 1.82) is 0 Å². The van der Waals surface area contributed by atoms with Crippen LogP contribution in [-0.2, 0) is 70.3 Å². The van der Waals surface area contributed by atoms with Crippen molar-refractivity contribution in [2.24, 2.45) is 0 Å². The topological polar surface area (TPSA) is 235 Å². The molecule has 4 amide bonds. The van der Waals surface area contributed by atoms with Crippen LogP contribution in [0.2, 0.25) is 0 Å². The summed E-state index contributed by atoms with van der Waals surface area (Å²) >= 11 is 0. The number of ether oxygens (including phenoxy) is 7. The van der Waals surface area contributed by atoms with Crippen LogP contribution in [-0.4, -0.2) is 161 Å². The van der Waals surface area contributed by atoms with Gasteiger partial charge in [-0.15, -0.1) is 0 Å². The van der Waals surface area contributed by atoms with Gasteiger partial charge >= 0.3 is 5.97 Å². The van der Waals surface area contributed by atoms with Gasteiger partial charge < -0.3 is 58.7 Å². The maximum Gasteiger partial charge on any atom is 0.302 e. The number of Topliss-reactive ketones (excluding diaryl/α,β-unsaturated/α-hetero) is 2. The summed E-state index contributed by atoms with van der Waals surface area (Å²) in [6.45, 7) is 6.24. The predicted octanol–water partition coefficient (Wildman–Crippen LogP) is 5.14. The number of nitrogens with one attached hydrogen (secondary N) is 2.